The highest BCUT2D eigenvalue weighted by Gasteiger charge is 2.23. The summed E-state index contributed by atoms with van der Waals surface area (Å²) >= 11 is 0. The van der Waals surface area contributed by atoms with Gasteiger partial charge in [0.15, 0.2) is 0 Å². The van der Waals surface area contributed by atoms with Crippen LogP contribution in [0.15, 0.2) is 24.3 Å². The molecule has 1 aromatic carbocycles. The predicted molar refractivity (Wildman–Crippen MR) is 66.8 cm³/mol. The highest BCUT2D eigenvalue weighted by atomic mass is 16.5. The minimum absolute atomic E-state index is 0.127. The normalized spacial score (nSPS) is 17.6. The van der Waals surface area contributed by atoms with Crippen molar-refractivity contribution >= 4 is 0 Å². The summed E-state index contributed by atoms with van der Waals surface area (Å²) in [6, 6.07) is 10.2. The third-order valence-corrected chi connectivity index (χ3v) is 3.11. The SMILES string of the molecule is CCOc1cccc(C(C#N)N2CCCC2)c1. The first kappa shape index (κ1) is 11.9. The van der Waals surface area contributed by atoms with Crippen LogP contribution in [0.5, 0.6) is 5.75 Å². The van der Waals surface area contributed by atoms with Gasteiger partial charge in [0.2, 0.25) is 0 Å². The van der Waals surface area contributed by atoms with Crippen LogP contribution in [0.4, 0.5) is 0 Å². The molecule has 0 spiro atoms. The summed E-state index contributed by atoms with van der Waals surface area (Å²) in [5.41, 5.74) is 1.04. The van der Waals surface area contributed by atoms with E-state index in [2.05, 4.69) is 11.0 Å². The van der Waals surface area contributed by atoms with Crippen molar-refractivity contribution in [3.05, 3.63) is 29.8 Å². The van der Waals surface area contributed by atoms with Crippen molar-refractivity contribution in [2.24, 2.45) is 0 Å². The zero-order valence-electron chi connectivity index (χ0n) is 10.2. The minimum Gasteiger partial charge on any atom is -0.494 e. The molecule has 17 heavy (non-hydrogen) atoms. The van der Waals surface area contributed by atoms with E-state index in [0.29, 0.717) is 6.61 Å². The molecule has 3 heteroatoms. The third kappa shape index (κ3) is 2.78. The van der Waals surface area contributed by atoms with E-state index >= 15 is 0 Å². The molecular formula is C14H18N2O. The average Bonchev–Trinajstić information content (AvgIpc) is 2.85. The second-order valence-corrected chi connectivity index (χ2v) is 4.28. The van der Waals surface area contributed by atoms with Crippen molar-refractivity contribution in [3.8, 4) is 11.8 Å². The molecule has 0 bridgehead atoms. The van der Waals surface area contributed by atoms with Crippen molar-refractivity contribution in [1.82, 2.24) is 4.90 Å². The second kappa shape index (κ2) is 5.70. The number of ether oxygens (including phenoxy) is 1. The predicted octanol–water partition coefficient (Wildman–Crippen LogP) is 2.75. The summed E-state index contributed by atoms with van der Waals surface area (Å²) in [4.78, 5) is 2.24. The summed E-state index contributed by atoms with van der Waals surface area (Å²) in [5, 5.41) is 9.33. The van der Waals surface area contributed by atoms with E-state index in [1.54, 1.807) is 0 Å². The van der Waals surface area contributed by atoms with Crippen molar-refractivity contribution < 1.29 is 4.74 Å². The fraction of sp³-hybridized carbons (Fsp3) is 0.500. The maximum absolute atomic E-state index is 9.33. The van der Waals surface area contributed by atoms with Crippen LogP contribution in [0.2, 0.25) is 0 Å². The van der Waals surface area contributed by atoms with Gasteiger partial charge in [-0.1, -0.05) is 12.1 Å². The molecule has 0 aliphatic carbocycles. The molecule has 1 heterocycles. The summed E-state index contributed by atoms with van der Waals surface area (Å²) in [6.45, 7) is 4.67. The standard InChI is InChI=1S/C14H18N2O/c1-2-17-13-7-5-6-12(10-13)14(11-15)16-8-3-4-9-16/h5-7,10,14H,2-4,8-9H2,1H3. The van der Waals surface area contributed by atoms with Gasteiger partial charge < -0.3 is 4.74 Å². The summed E-state index contributed by atoms with van der Waals surface area (Å²) in [5.74, 6) is 0.851. The van der Waals surface area contributed by atoms with Crippen LogP contribution in [0.25, 0.3) is 0 Å². The highest BCUT2D eigenvalue weighted by Crippen LogP contribution is 2.26. The van der Waals surface area contributed by atoms with Gasteiger partial charge in [-0.3, -0.25) is 4.90 Å². The average molecular weight is 230 g/mol. The molecule has 0 aromatic heterocycles. The maximum atomic E-state index is 9.33. The smallest absolute Gasteiger partial charge is 0.123 e. The number of nitriles is 1. The Labute approximate surface area is 103 Å². The minimum atomic E-state index is -0.127. The molecule has 0 N–H and O–H groups in total. The molecule has 90 valence electrons. The fourth-order valence-corrected chi connectivity index (χ4v) is 2.31. The van der Waals surface area contributed by atoms with Gasteiger partial charge in [0, 0.05) is 0 Å². The van der Waals surface area contributed by atoms with Crippen molar-refractivity contribution in [3.63, 3.8) is 0 Å². The number of nitrogens with zero attached hydrogens (tertiary/aromatic N) is 2. The first-order valence-electron chi connectivity index (χ1n) is 6.21. The summed E-state index contributed by atoms with van der Waals surface area (Å²) in [7, 11) is 0. The monoisotopic (exact) mass is 230 g/mol. The number of hydrogen-bond acceptors (Lipinski definition) is 3. The molecule has 0 radical (unpaired) electrons. The quantitative estimate of drug-likeness (QED) is 0.798. The fourth-order valence-electron chi connectivity index (χ4n) is 2.31. The van der Waals surface area contributed by atoms with E-state index in [1.807, 2.05) is 31.2 Å². The molecule has 1 atom stereocenters. The largest absolute Gasteiger partial charge is 0.494 e. The number of likely N-dealkylation sites (tertiary alicyclic amines) is 1. The lowest BCUT2D eigenvalue weighted by Gasteiger charge is -2.21. The lowest BCUT2D eigenvalue weighted by Crippen LogP contribution is -2.24. The number of rotatable bonds is 4. The lowest BCUT2D eigenvalue weighted by molar-refractivity contribution is 0.292. The van der Waals surface area contributed by atoms with Crippen LogP contribution >= 0.6 is 0 Å². The van der Waals surface area contributed by atoms with Crippen LogP contribution in [0.3, 0.4) is 0 Å². The van der Waals surface area contributed by atoms with Gasteiger partial charge in [-0.2, -0.15) is 5.26 Å². The summed E-state index contributed by atoms with van der Waals surface area (Å²) in [6.07, 6.45) is 2.40. The molecule has 1 aliphatic rings. The van der Waals surface area contributed by atoms with Gasteiger partial charge in [0.1, 0.15) is 11.8 Å². The van der Waals surface area contributed by atoms with Crippen LogP contribution in [-0.4, -0.2) is 24.6 Å². The van der Waals surface area contributed by atoms with E-state index in [4.69, 9.17) is 4.74 Å². The Hall–Kier alpha value is -1.53. The molecule has 1 aliphatic heterocycles. The van der Waals surface area contributed by atoms with Gasteiger partial charge in [-0.05, 0) is 50.6 Å². The third-order valence-electron chi connectivity index (χ3n) is 3.11. The zero-order chi connectivity index (χ0) is 12.1. The van der Waals surface area contributed by atoms with Crippen LogP contribution in [-0.2, 0) is 0 Å². The molecule has 0 saturated carbocycles. The van der Waals surface area contributed by atoms with E-state index in [9.17, 15) is 5.26 Å². The second-order valence-electron chi connectivity index (χ2n) is 4.28. The van der Waals surface area contributed by atoms with E-state index in [0.717, 1.165) is 24.4 Å². The molecule has 2 rings (SSSR count). The van der Waals surface area contributed by atoms with Crippen molar-refractivity contribution in [2.75, 3.05) is 19.7 Å². The Kier molecular flexibility index (Phi) is 4.00. The van der Waals surface area contributed by atoms with Crippen LogP contribution < -0.4 is 4.74 Å². The van der Waals surface area contributed by atoms with Crippen LogP contribution in [0, 0.1) is 11.3 Å². The van der Waals surface area contributed by atoms with Crippen molar-refractivity contribution in [2.45, 2.75) is 25.8 Å². The van der Waals surface area contributed by atoms with Gasteiger partial charge >= 0.3 is 0 Å². The molecule has 0 amide bonds. The molecule has 1 saturated heterocycles. The Morgan fingerprint density at radius 2 is 2.18 bits per heavy atom. The van der Waals surface area contributed by atoms with Crippen molar-refractivity contribution in [1.29, 1.82) is 5.26 Å². The van der Waals surface area contributed by atoms with Gasteiger partial charge in [0.25, 0.3) is 0 Å². The first-order chi connectivity index (χ1) is 8.35. The molecule has 1 unspecified atom stereocenters. The first-order valence-corrected chi connectivity index (χ1v) is 6.21. The van der Waals surface area contributed by atoms with E-state index in [-0.39, 0.29) is 6.04 Å². The molecule has 1 fully saturated rings. The highest BCUT2D eigenvalue weighted by molar-refractivity contribution is 5.33. The Balaban J connectivity index is 2.18. The van der Waals surface area contributed by atoms with Gasteiger partial charge in [-0.25, -0.2) is 0 Å². The molecule has 1 aromatic rings. The molecule has 3 nitrogen and oxygen atoms in total. The Morgan fingerprint density at radius 3 is 2.82 bits per heavy atom. The summed E-state index contributed by atoms with van der Waals surface area (Å²) < 4.78 is 5.48. The number of benzene rings is 1. The zero-order valence-corrected chi connectivity index (χ0v) is 10.2. The Morgan fingerprint density at radius 1 is 1.41 bits per heavy atom. The maximum Gasteiger partial charge on any atom is 0.123 e. The van der Waals surface area contributed by atoms with Gasteiger partial charge in [-0.15, -0.1) is 0 Å². The van der Waals surface area contributed by atoms with E-state index in [1.165, 1.54) is 12.8 Å². The lowest BCUT2D eigenvalue weighted by atomic mass is 10.1. The van der Waals surface area contributed by atoms with Gasteiger partial charge in [0.05, 0.1) is 12.7 Å². The number of hydrogen-bond donors (Lipinski definition) is 0. The molecular weight excluding hydrogens is 212 g/mol. The topological polar surface area (TPSA) is 36.3 Å². The van der Waals surface area contributed by atoms with E-state index < -0.39 is 0 Å². The Bertz CT molecular complexity index is 405. The van der Waals surface area contributed by atoms with Crippen LogP contribution in [0.1, 0.15) is 31.4 Å².